The molecule has 0 spiro atoms. The number of hydrogen-bond acceptors (Lipinski definition) is 3. The molecule has 0 aromatic heterocycles. The highest BCUT2D eigenvalue weighted by Gasteiger charge is 2.36. The van der Waals surface area contributed by atoms with Crippen LogP contribution in [0, 0.1) is 5.82 Å². The van der Waals surface area contributed by atoms with Crippen LogP contribution in [0.25, 0.3) is 0 Å². The first-order valence-electron chi connectivity index (χ1n) is 9.98. The van der Waals surface area contributed by atoms with Crippen LogP contribution in [0.3, 0.4) is 0 Å². The van der Waals surface area contributed by atoms with E-state index in [0.717, 1.165) is 10.5 Å². The van der Waals surface area contributed by atoms with Crippen LogP contribution >= 0.6 is 0 Å². The van der Waals surface area contributed by atoms with Crippen LogP contribution in [-0.4, -0.2) is 43.2 Å². The van der Waals surface area contributed by atoms with Gasteiger partial charge in [-0.2, -0.15) is 0 Å². The van der Waals surface area contributed by atoms with Crippen LogP contribution in [0.1, 0.15) is 24.1 Å². The number of ether oxygens (including phenoxy) is 1. The Hall–Kier alpha value is -2.87. The van der Waals surface area contributed by atoms with Crippen LogP contribution in [0.2, 0.25) is 19.6 Å². The number of amides is 2. The van der Waals surface area contributed by atoms with Crippen molar-refractivity contribution in [2.45, 2.75) is 39.0 Å². The van der Waals surface area contributed by atoms with Crippen molar-refractivity contribution in [2.75, 3.05) is 18.5 Å². The van der Waals surface area contributed by atoms with Gasteiger partial charge in [-0.3, -0.25) is 9.69 Å². The first-order chi connectivity index (χ1) is 14.1. The summed E-state index contributed by atoms with van der Waals surface area (Å²) in [7, 11) is -1.84. The fourth-order valence-electron chi connectivity index (χ4n) is 3.76. The average molecular weight is 431 g/mol. The van der Waals surface area contributed by atoms with Crippen molar-refractivity contribution in [3.63, 3.8) is 0 Å². The number of anilines is 1. The molecule has 6 nitrogen and oxygen atoms in total. The zero-order valence-electron chi connectivity index (χ0n) is 17.7. The Kier molecular flexibility index (Phi) is 6.16. The smallest absolute Gasteiger partial charge is 0.408 e. The van der Waals surface area contributed by atoms with E-state index in [1.807, 2.05) is 32.6 Å². The summed E-state index contributed by atoms with van der Waals surface area (Å²) in [6.45, 7) is 8.73. The Morgan fingerprint density at radius 1 is 1.23 bits per heavy atom. The molecule has 0 radical (unpaired) electrons. The highest BCUT2D eigenvalue weighted by molar-refractivity contribution is 6.88. The molecule has 160 valence electrons. The third kappa shape index (κ3) is 4.48. The minimum Gasteiger partial charge on any atom is -0.494 e. The molecule has 2 N–H and O–H groups in total. The van der Waals surface area contributed by atoms with Gasteiger partial charge in [0.1, 0.15) is 17.6 Å². The van der Waals surface area contributed by atoms with E-state index in [2.05, 4.69) is 5.32 Å². The van der Waals surface area contributed by atoms with Crippen LogP contribution in [0.15, 0.2) is 36.4 Å². The number of halogens is 1. The van der Waals surface area contributed by atoms with E-state index in [0.29, 0.717) is 35.2 Å². The summed E-state index contributed by atoms with van der Waals surface area (Å²) in [5, 5.41) is 13.0. The van der Waals surface area contributed by atoms with Gasteiger partial charge in [0.25, 0.3) is 5.91 Å². The molecule has 0 fully saturated rings. The predicted molar refractivity (Wildman–Crippen MR) is 117 cm³/mol. The Bertz CT molecular complexity index is 974. The Morgan fingerprint density at radius 2 is 1.97 bits per heavy atom. The molecule has 2 amide bonds. The van der Waals surface area contributed by atoms with Gasteiger partial charge >= 0.3 is 6.09 Å². The van der Waals surface area contributed by atoms with Crippen molar-refractivity contribution in [3.05, 3.63) is 53.3 Å². The second-order valence-corrected chi connectivity index (χ2v) is 13.4. The zero-order valence-corrected chi connectivity index (χ0v) is 18.7. The maximum atomic E-state index is 14.6. The summed E-state index contributed by atoms with van der Waals surface area (Å²) in [4.78, 5) is 26.0. The lowest BCUT2D eigenvalue weighted by molar-refractivity contribution is -0.121. The van der Waals surface area contributed by atoms with Gasteiger partial charge in [0.15, 0.2) is 0 Å². The summed E-state index contributed by atoms with van der Waals surface area (Å²) in [6.07, 6.45) is -0.679. The van der Waals surface area contributed by atoms with Crippen LogP contribution in [0.4, 0.5) is 14.9 Å². The van der Waals surface area contributed by atoms with Gasteiger partial charge in [0.05, 0.1) is 14.7 Å². The van der Waals surface area contributed by atoms with Gasteiger partial charge in [0, 0.05) is 12.2 Å². The van der Waals surface area contributed by atoms with Crippen molar-refractivity contribution in [1.29, 1.82) is 0 Å². The standard InChI is InChI=1S/C22H27FN2O4Si/c1-5-29-16-7-8-17-14(12-16)10-11-25(22(27)28)20(17)21(26)24-15-6-9-19(18(23)13-15)30(2,3)4/h6-9,12-13,20H,5,10-11H2,1-4H3,(H,24,26)(H,27,28). The van der Waals surface area contributed by atoms with E-state index in [-0.39, 0.29) is 12.4 Å². The monoisotopic (exact) mass is 430 g/mol. The molecular formula is C22H27FN2O4Si. The molecule has 0 aliphatic carbocycles. The first-order valence-corrected chi connectivity index (χ1v) is 13.5. The minimum atomic E-state index is -1.84. The molecule has 0 saturated heterocycles. The fraction of sp³-hybridized carbons (Fsp3) is 0.364. The Morgan fingerprint density at radius 3 is 2.57 bits per heavy atom. The number of carboxylic acid groups (broad SMARTS) is 1. The average Bonchev–Trinajstić information content (AvgIpc) is 2.66. The van der Waals surface area contributed by atoms with Crippen molar-refractivity contribution < 1.29 is 23.8 Å². The van der Waals surface area contributed by atoms with E-state index in [1.165, 1.54) is 6.07 Å². The number of nitrogens with one attached hydrogen (secondary N) is 1. The second-order valence-electron chi connectivity index (χ2n) is 8.36. The van der Waals surface area contributed by atoms with Crippen LogP contribution in [0.5, 0.6) is 5.75 Å². The molecular weight excluding hydrogens is 403 g/mol. The predicted octanol–water partition coefficient (Wildman–Crippen LogP) is 3.99. The molecule has 0 saturated carbocycles. The molecule has 2 aromatic rings. The van der Waals surface area contributed by atoms with Crippen LogP contribution in [-0.2, 0) is 11.2 Å². The van der Waals surface area contributed by atoms with E-state index in [4.69, 9.17) is 4.74 Å². The van der Waals surface area contributed by atoms with Gasteiger partial charge in [0.2, 0.25) is 0 Å². The molecule has 8 heteroatoms. The lowest BCUT2D eigenvalue weighted by Crippen LogP contribution is -2.45. The van der Waals surface area contributed by atoms with E-state index >= 15 is 0 Å². The lowest BCUT2D eigenvalue weighted by atomic mass is 9.92. The van der Waals surface area contributed by atoms with Gasteiger partial charge in [-0.1, -0.05) is 31.8 Å². The normalized spacial score (nSPS) is 16.0. The Labute approximate surface area is 176 Å². The molecule has 30 heavy (non-hydrogen) atoms. The fourth-order valence-corrected chi connectivity index (χ4v) is 5.13. The highest BCUT2D eigenvalue weighted by atomic mass is 28.3. The van der Waals surface area contributed by atoms with Crippen LogP contribution < -0.4 is 15.2 Å². The Balaban J connectivity index is 1.91. The van der Waals surface area contributed by atoms with Gasteiger partial charge in [-0.25, -0.2) is 9.18 Å². The van der Waals surface area contributed by atoms with Gasteiger partial charge < -0.3 is 15.2 Å². The minimum absolute atomic E-state index is 0.193. The number of carbonyl (C=O) groups is 2. The molecule has 1 heterocycles. The zero-order chi connectivity index (χ0) is 22.1. The van der Waals surface area contributed by atoms with Gasteiger partial charge in [-0.05, 0) is 53.9 Å². The summed E-state index contributed by atoms with van der Waals surface area (Å²) in [6, 6.07) is 8.97. The van der Waals surface area contributed by atoms with E-state index < -0.39 is 26.1 Å². The summed E-state index contributed by atoms with van der Waals surface area (Å²) in [5.41, 5.74) is 1.80. The molecule has 1 aliphatic heterocycles. The number of hydrogen-bond donors (Lipinski definition) is 2. The van der Waals surface area contributed by atoms with Gasteiger partial charge in [-0.15, -0.1) is 0 Å². The van der Waals surface area contributed by atoms with E-state index in [1.54, 1.807) is 24.3 Å². The summed E-state index contributed by atoms with van der Waals surface area (Å²) < 4.78 is 20.1. The molecule has 2 aromatic carbocycles. The van der Waals surface area contributed by atoms with Crippen molar-refractivity contribution in [3.8, 4) is 5.75 Å². The topological polar surface area (TPSA) is 78.9 Å². The highest BCUT2D eigenvalue weighted by Crippen LogP contribution is 2.33. The van der Waals surface area contributed by atoms with Crippen molar-refractivity contribution >= 4 is 30.9 Å². The molecule has 1 atom stereocenters. The molecule has 1 aliphatic rings. The maximum absolute atomic E-state index is 14.6. The summed E-state index contributed by atoms with van der Waals surface area (Å²) in [5.74, 6) is -0.182. The lowest BCUT2D eigenvalue weighted by Gasteiger charge is -2.34. The number of carbonyl (C=O) groups excluding carboxylic acids is 1. The number of benzene rings is 2. The van der Waals surface area contributed by atoms with Crippen molar-refractivity contribution in [2.24, 2.45) is 0 Å². The number of nitrogens with zero attached hydrogens (tertiary/aromatic N) is 1. The van der Waals surface area contributed by atoms with Crippen molar-refractivity contribution in [1.82, 2.24) is 4.90 Å². The first kappa shape index (κ1) is 21.8. The third-order valence-electron chi connectivity index (χ3n) is 5.19. The number of rotatable bonds is 5. The molecule has 0 bridgehead atoms. The quantitative estimate of drug-likeness (QED) is 0.703. The maximum Gasteiger partial charge on any atom is 0.408 e. The van der Waals surface area contributed by atoms with E-state index in [9.17, 15) is 19.1 Å². The summed E-state index contributed by atoms with van der Waals surface area (Å²) >= 11 is 0. The second kappa shape index (κ2) is 8.47. The molecule has 3 rings (SSSR count). The number of fused-ring (bicyclic) bond motifs is 1. The largest absolute Gasteiger partial charge is 0.494 e. The SMILES string of the molecule is CCOc1ccc2c(c1)CCN(C(=O)O)C2C(=O)Nc1ccc([Si](C)(C)C)c(F)c1. The third-order valence-corrected chi connectivity index (χ3v) is 7.21. The molecule has 1 unspecified atom stereocenters.